The molecule has 3 aromatic rings. The number of hydrogen-bond donors (Lipinski definition) is 0. The van der Waals surface area contributed by atoms with Gasteiger partial charge in [0.15, 0.2) is 18.9 Å². The molecule has 10 heteroatoms. The molecule has 9 nitrogen and oxygen atoms in total. The van der Waals surface area contributed by atoms with Crippen molar-refractivity contribution in [2.24, 2.45) is 0 Å². The molecule has 0 radical (unpaired) electrons. The summed E-state index contributed by atoms with van der Waals surface area (Å²) in [6.45, 7) is 7.37. The van der Waals surface area contributed by atoms with Crippen LogP contribution < -0.4 is 19.3 Å². The lowest BCUT2D eigenvalue weighted by Crippen LogP contribution is -2.62. The number of fused-ring (bicyclic) bond motifs is 1. The predicted molar refractivity (Wildman–Crippen MR) is 183 cm³/mol. The van der Waals surface area contributed by atoms with E-state index in [1.165, 1.54) is 4.31 Å². The summed E-state index contributed by atoms with van der Waals surface area (Å²) >= 11 is 0. The minimum absolute atomic E-state index is 0.214. The van der Waals surface area contributed by atoms with E-state index in [0.717, 1.165) is 43.5 Å². The van der Waals surface area contributed by atoms with E-state index in [0.29, 0.717) is 57.2 Å². The van der Waals surface area contributed by atoms with Gasteiger partial charge >= 0.3 is 0 Å². The first-order valence-corrected chi connectivity index (χ1v) is 18.4. The molecule has 0 fully saturated rings. The van der Waals surface area contributed by atoms with Gasteiger partial charge in [0.2, 0.25) is 10.0 Å². The van der Waals surface area contributed by atoms with Crippen molar-refractivity contribution in [1.82, 2.24) is 4.31 Å². The third-order valence-electron chi connectivity index (χ3n) is 9.25. The van der Waals surface area contributed by atoms with Crippen LogP contribution in [-0.2, 0) is 26.0 Å². The number of unbranched alkanes of at least 4 members (excludes halogenated alkanes) is 2. The molecule has 0 spiro atoms. The molecule has 0 amide bonds. The number of likely N-dealkylation sites (N-methyl/N-ethyl adjacent to an activating group) is 1. The molecule has 2 heterocycles. The molecule has 0 N–H and O–H groups in total. The zero-order valence-corrected chi connectivity index (χ0v) is 29.6. The zero-order valence-electron chi connectivity index (χ0n) is 28.8. The van der Waals surface area contributed by atoms with Gasteiger partial charge in [-0.2, -0.15) is 4.31 Å². The maximum Gasteiger partial charge on any atom is 0.243 e. The summed E-state index contributed by atoms with van der Waals surface area (Å²) in [5.74, 6) is 0.0100. The number of benzene rings is 2. The first kappa shape index (κ1) is 36.8. The molecule has 1 aliphatic rings. The molecule has 0 saturated carbocycles. The van der Waals surface area contributed by atoms with Gasteiger partial charge in [-0.05, 0) is 60.2 Å². The quantitative estimate of drug-likeness (QED) is 0.143. The van der Waals surface area contributed by atoms with Gasteiger partial charge in [-0.3, -0.25) is 0 Å². The fraction of sp³-hybridized carbons (Fsp3) is 0.541. The predicted octanol–water partition coefficient (Wildman–Crippen LogP) is 4.77. The minimum atomic E-state index is -3.92. The summed E-state index contributed by atoms with van der Waals surface area (Å²) in [6.07, 6.45) is 7.19. The fourth-order valence-corrected chi connectivity index (χ4v) is 8.23. The molecule has 2 unspecified atom stereocenters. The van der Waals surface area contributed by atoms with E-state index < -0.39 is 27.6 Å². The highest BCUT2D eigenvalue weighted by Gasteiger charge is 2.49. The Labute approximate surface area is 282 Å². The van der Waals surface area contributed by atoms with Crippen molar-refractivity contribution in [3.05, 3.63) is 84.2 Å². The van der Waals surface area contributed by atoms with Gasteiger partial charge in [-0.1, -0.05) is 63.8 Å². The lowest BCUT2D eigenvalue weighted by Gasteiger charge is -2.52. The van der Waals surface area contributed by atoms with Gasteiger partial charge in [0.05, 0.1) is 24.7 Å². The van der Waals surface area contributed by atoms with Crippen molar-refractivity contribution in [3.8, 4) is 5.75 Å². The Bertz CT molecular complexity index is 1480. The maximum atomic E-state index is 15.0. The SMILES string of the molecule is CCCCC1(CCCC)C([O-])C(c2ccc(OCCOCCOCC[n+]3ccccc3)cc2)c2cc(N(C)C)ccc2S(=O)(=O)N1C. The van der Waals surface area contributed by atoms with Crippen LogP contribution in [0, 0.1) is 0 Å². The molecule has 1 aromatic heterocycles. The zero-order chi connectivity index (χ0) is 33.9. The normalized spacial score (nSPS) is 18.8. The second-order valence-electron chi connectivity index (χ2n) is 12.6. The van der Waals surface area contributed by atoms with Crippen LogP contribution in [0.4, 0.5) is 5.69 Å². The number of sulfonamides is 1. The van der Waals surface area contributed by atoms with Crippen LogP contribution >= 0.6 is 0 Å². The highest BCUT2D eigenvalue weighted by atomic mass is 32.2. The van der Waals surface area contributed by atoms with Crippen LogP contribution in [0.1, 0.15) is 69.4 Å². The molecule has 2 atom stereocenters. The Morgan fingerprint density at radius 3 is 2.11 bits per heavy atom. The number of anilines is 1. The van der Waals surface area contributed by atoms with E-state index in [1.807, 2.05) is 86.0 Å². The van der Waals surface area contributed by atoms with Gasteiger partial charge in [-0.25, -0.2) is 13.0 Å². The van der Waals surface area contributed by atoms with Gasteiger partial charge in [0.1, 0.15) is 19.0 Å². The van der Waals surface area contributed by atoms with E-state index >= 15 is 5.11 Å². The third-order valence-corrected chi connectivity index (χ3v) is 11.3. The Kier molecular flexibility index (Phi) is 13.6. The number of ether oxygens (including phenoxy) is 3. The van der Waals surface area contributed by atoms with Crippen LogP contribution in [0.25, 0.3) is 0 Å². The molecular weight excluding hydrogens is 614 g/mol. The number of rotatable bonds is 18. The molecule has 258 valence electrons. The molecule has 47 heavy (non-hydrogen) atoms. The Morgan fingerprint density at radius 1 is 0.872 bits per heavy atom. The largest absolute Gasteiger partial charge is 0.850 e. The lowest BCUT2D eigenvalue weighted by molar-refractivity contribution is -0.698. The molecule has 4 rings (SSSR count). The van der Waals surface area contributed by atoms with E-state index in [1.54, 1.807) is 13.1 Å². The number of aromatic nitrogens is 1. The second-order valence-corrected chi connectivity index (χ2v) is 14.5. The molecule has 0 saturated heterocycles. The van der Waals surface area contributed by atoms with Gasteiger partial charge in [-0.15, -0.1) is 0 Å². The average Bonchev–Trinajstić information content (AvgIpc) is 3.13. The standard InChI is InChI=1S/C37H53N3O6S/c1-6-8-19-37(20-9-7-2)36(41)35(33-29-31(38(3)4)15-18-34(33)47(42,43)39(37)5)30-13-16-32(17-14-30)46-28-27-45-26-25-44-24-23-40-21-11-10-12-22-40/h10-18,21-22,29,35-36H,6-9,19-20,23-28H2,1-5H3. The van der Waals surface area contributed by atoms with E-state index in [9.17, 15) is 8.42 Å². The van der Waals surface area contributed by atoms with Crippen molar-refractivity contribution in [1.29, 1.82) is 0 Å². The molecule has 0 bridgehead atoms. The van der Waals surface area contributed by atoms with Crippen molar-refractivity contribution in [3.63, 3.8) is 0 Å². The smallest absolute Gasteiger partial charge is 0.243 e. The highest BCUT2D eigenvalue weighted by molar-refractivity contribution is 7.89. The maximum absolute atomic E-state index is 15.0. The first-order valence-electron chi connectivity index (χ1n) is 16.9. The summed E-state index contributed by atoms with van der Waals surface area (Å²) in [7, 11) is 1.54. The molecule has 0 aliphatic carbocycles. The van der Waals surface area contributed by atoms with E-state index in [4.69, 9.17) is 14.2 Å². The van der Waals surface area contributed by atoms with Crippen molar-refractivity contribution in [2.45, 2.75) is 81.4 Å². The lowest BCUT2D eigenvalue weighted by atomic mass is 9.72. The monoisotopic (exact) mass is 667 g/mol. The van der Waals surface area contributed by atoms with E-state index in [-0.39, 0.29) is 4.90 Å². The van der Waals surface area contributed by atoms with Gasteiger partial charge in [0.25, 0.3) is 0 Å². The Hall–Kier alpha value is -3.02. The average molecular weight is 668 g/mol. The van der Waals surface area contributed by atoms with Crippen molar-refractivity contribution in [2.75, 3.05) is 59.1 Å². The molecule has 1 aliphatic heterocycles. The molecule has 2 aromatic carbocycles. The third kappa shape index (κ3) is 8.91. The summed E-state index contributed by atoms with van der Waals surface area (Å²) in [5.41, 5.74) is 1.15. The Balaban J connectivity index is 1.49. The van der Waals surface area contributed by atoms with Gasteiger partial charge < -0.3 is 24.2 Å². The second kappa shape index (κ2) is 17.4. The highest BCUT2D eigenvalue weighted by Crippen LogP contribution is 2.47. The van der Waals surface area contributed by atoms with Crippen molar-refractivity contribution < 1.29 is 32.3 Å². The number of pyridine rings is 1. The van der Waals surface area contributed by atoms with E-state index in [2.05, 4.69) is 18.4 Å². The van der Waals surface area contributed by atoms with Crippen LogP contribution in [-0.4, -0.2) is 78.5 Å². The topological polar surface area (TPSA) is 95.2 Å². The summed E-state index contributed by atoms with van der Waals surface area (Å²) in [5, 5.41) is 15.0. The summed E-state index contributed by atoms with van der Waals surface area (Å²) in [4.78, 5) is 2.15. The minimum Gasteiger partial charge on any atom is -0.850 e. The van der Waals surface area contributed by atoms with Crippen molar-refractivity contribution >= 4 is 15.7 Å². The summed E-state index contributed by atoms with van der Waals surface area (Å²) < 4.78 is 49.3. The fourth-order valence-electron chi connectivity index (χ4n) is 6.44. The molecular formula is C37H53N3O6S. The van der Waals surface area contributed by atoms with Gasteiger partial charge in [0, 0.05) is 44.5 Å². The number of nitrogens with zero attached hydrogens (tertiary/aromatic N) is 3. The number of hydrogen-bond acceptors (Lipinski definition) is 7. The summed E-state index contributed by atoms with van der Waals surface area (Å²) in [6, 6.07) is 18.9. The van der Waals surface area contributed by atoms with Crippen LogP contribution in [0.3, 0.4) is 0 Å². The Morgan fingerprint density at radius 2 is 1.49 bits per heavy atom. The van der Waals surface area contributed by atoms with Crippen LogP contribution in [0.2, 0.25) is 0 Å². The van der Waals surface area contributed by atoms with Crippen LogP contribution in [0.15, 0.2) is 78.0 Å². The van der Waals surface area contributed by atoms with Crippen LogP contribution in [0.5, 0.6) is 5.75 Å². The first-order chi connectivity index (χ1) is 22.7.